The Morgan fingerprint density at radius 3 is 2.71 bits per heavy atom. The SMILES string of the molecule is O=C(c1cn(C[C@@H]2C[C@H](F)CN2C(=O)C2CC2)nn1)N1CCCC1. The molecule has 2 atom stereocenters. The Morgan fingerprint density at radius 2 is 2.00 bits per heavy atom. The van der Waals surface area contributed by atoms with E-state index in [1.54, 1.807) is 20.7 Å². The molecular weight excluding hydrogens is 313 g/mol. The number of aromatic nitrogens is 3. The highest BCUT2D eigenvalue weighted by atomic mass is 19.1. The van der Waals surface area contributed by atoms with Crippen molar-refractivity contribution in [3.63, 3.8) is 0 Å². The van der Waals surface area contributed by atoms with E-state index in [1.807, 2.05) is 0 Å². The van der Waals surface area contributed by atoms with Gasteiger partial charge in [-0.25, -0.2) is 9.07 Å². The van der Waals surface area contributed by atoms with E-state index in [-0.39, 0.29) is 30.3 Å². The first-order valence-corrected chi connectivity index (χ1v) is 8.76. The Hall–Kier alpha value is -1.99. The fraction of sp³-hybridized carbons (Fsp3) is 0.750. The highest BCUT2D eigenvalue weighted by Crippen LogP contribution is 2.34. The molecule has 2 aliphatic heterocycles. The molecule has 2 amide bonds. The molecule has 0 unspecified atom stereocenters. The van der Waals surface area contributed by atoms with Crippen LogP contribution in [-0.2, 0) is 11.3 Å². The van der Waals surface area contributed by atoms with E-state index in [0.717, 1.165) is 38.8 Å². The van der Waals surface area contributed by atoms with Crippen molar-refractivity contribution in [1.29, 1.82) is 0 Å². The number of rotatable bonds is 4. The van der Waals surface area contributed by atoms with Crippen LogP contribution in [0.2, 0.25) is 0 Å². The zero-order valence-electron chi connectivity index (χ0n) is 13.6. The molecule has 7 nitrogen and oxygen atoms in total. The Balaban J connectivity index is 1.42. The summed E-state index contributed by atoms with van der Waals surface area (Å²) in [6.45, 7) is 2.09. The highest BCUT2D eigenvalue weighted by Gasteiger charge is 2.41. The van der Waals surface area contributed by atoms with E-state index in [9.17, 15) is 14.0 Å². The molecule has 1 aromatic heterocycles. The summed E-state index contributed by atoms with van der Waals surface area (Å²) in [5.41, 5.74) is 0.326. The Labute approximate surface area is 139 Å². The van der Waals surface area contributed by atoms with Crippen LogP contribution in [0.1, 0.15) is 42.6 Å². The summed E-state index contributed by atoms with van der Waals surface area (Å²) >= 11 is 0. The number of alkyl halides is 1. The molecule has 1 aliphatic carbocycles. The van der Waals surface area contributed by atoms with Gasteiger partial charge in [0, 0.05) is 25.4 Å². The third-order valence-electron chi connectivity index (χ3n) is 5.12. The Morgan fingerprint density at radius 1 is 1.25 bits per heavy atom. The molecule has 2 saturated heterocycles. The minimum Gasteiger partial charge on any atom is -0.337 e. The summed E-state index contributed by atoms with van der Waals surface area (Å²) in [6.07, 6.45) is 4.84. The molecule has 8 heteroatoms. The molecule has 130 valence electrons. The predicted molar refractivity (Wildman–Crippen MR) is 82.9 cm³/mol. The van der Waals surface area contributed by atoms with Crippen LogP contribution < -0.4 is 0 Å². The van der Waals surface area contributed by atoms with Gasteiger partial charge >= 0.3 is 0 Å². The summed E-state index contributed by atoms with van der Waals surface area (Å²) in [5, 5.41) is 7.97. The summed E-state index contributed by atoms with van der Waals surface area (Å²) in [7, 11) is 0. The van der Waals surface area contributed by atoms with Gasteiger partial charge in [-0.3, -0.25) is 9.59 Å². The largest absolute Gasteiger partial charge is 0.337 e. The van der Waals surface area contributed by atoms with E-state index in [0.29, 0.717) is 18.7 Å². The normalized spacial score (nSPS) is 27.0. The average molecular weight is 335 g/mol. The second kappa shape index (κ2) is 6.14. The third-order valence-corrected chi connectivity index (χ3v) is 5.12. The number of hydrogen-bond donors (Lipinski definition) is 0. The molecule has 3 heterocycles. The first kappa shape index (κ1) is 15.5. The minimum atomic E-state index is -0.980. The van der Waals surface area contributed by atoms with E-state index < -0.39 is 6.17 Å². The minimum absolute atomic E-state index is 0.0635. The summed E-state index contributed by atoms with van der Waals surface area (Å²) < 4.78 is 15.4. The van der Waals surface area contributed by atoms with Gasteiger partial charge in [-0.2, -0.15) is 0 Å². The monoisotopic (exact) mass is 335 g/mol. The molecule has 0 spiro atoms. The number of halogens is 1. The number of likely N-dealkylation sites (tertiary alicyclic amines) is 2. The van der Waals surface area contributed by atoms with Gasteiger partial charge in [-0.15, -0.1) is 5.10 Å². The molecule has 0 aromatic carbocycles. The molecular formula is C16H22FN5O2. The fourth-order valence-corrected chi connectivity index (χ4v) is 3.65. The maximum Gasteiger partial charge on any atom is 0.276 e. The molecule has 3 aliphatic rings. The summed E-state index contributed by atoms with van der Waals surface area (Å²) in [6, 6.07) is -0.204. The van der Waals surface area contributed by atoms with Crippen LogP contribution >= 0.6 is 0 Å². The van der Waals surface area contributed by atoms with Gasteiger partial charge in [0.1, 0.15) is 6.17 Å². The highest BCUT2D eigenvalue weighted by molar-refractivity contribution is 5.92. The van der Waals surface area contributed by atoms with Crippen molar-refractivity contribution in [1.82, 2.24) is 24.8 Å². The van der Waals surface area contributed by atoms with Gasteiger partial charge < -0.3 is 9.80 Å². The van der Waals surface area contributed by atoms with Crippen LogP contribution in [0.4, 0.5) is 4.39 Å². The number of hydrogen-bond acceptors (Lipinski definition) is 4. The first-order valence-electron chi connectivity index (χ1n) is 8.76. The smallest absolute Gasteiger partial charge is 0.276 e. The number of carbonyl (C=O) groups excluding carboxylic acids is 2. The van der Waals surface area contributed by atoms with Gasteiger partial charge in [0.2, 0.25) is 5.91 Å². The van der Waals surface area contributed by atoms with Crippen molar-refractivity contribution < 1.29 is 14.0 Å². The van der Waals surface area contributed by atoms with Crippen molar-refractivity contribution >= 4 is 11.8 Å². The molecule has 4 rings (SSSR count). The van der Waals surface area contributed by atoms with E-state index >= 15 is 0 Å². The molecule has 24 heavy (non-hydrogen) atoms. The van der Waals surface area contributed by atoms with Crippen molar-refractivity contribution in [3.05, 3.63) is 11.9 Å². The van der Waals surface area contributed by atoms with Crippen LogP contribution in [0.15, 0.2) is 6.20 Å². The molecule has 3 fully saturated rings. The Bertz CT molecular complexity index is 638. The van der Waals surface area contributed by atoms with Crippen LogP contribution in [-0.4, -0.2) is 68.5 Å². The van der Waals surface area contributed by atoms with Crippen LogP contribution in [0.25, 0.3) is 0 Å². The number of carbonyl (C=O) groups is 2. The fourth-order valence-electron chi connectivity index (χ4n) is 3.65. The molecule has 1 aromatic rings. The first-order chi connectivity index (χ1) is 11.6. The molecule has 0 bridgehead atoms. The lowest BCUT2D eigenvalue weighted by atomic mass is 10.2. The summed E-state index contributed by atoms with van der Waals surface area (Å²) in [5.74, 6) is 0.0499. The number of amides is 2. The van der Waals surface area contributed by atoms with Crippen molar-refractivity contribution in [2.24, 2.45) is 5.92 Å². The standard InChI is InChI=1S/C16H22FN5O2/c17-12-7-13(22(8-12)15(23)11-3-4-11)9-21-10-14(18-19-21)16(24)20-5-1-2-6-20/h10-13H,1-9H2/t12-,13-/m0/s1. The lowest BCUT2D eigenvalue weighted by molar-refractivity contribution is -0.133. The van der Waals surface area contributed by atoms with Crippen LogP contribution in [0.5, 0.6) is 0 Å². The van der Waals surface area contributed by atoms with Gasteiger partial charge in [-0.05, 0) is 25.7 Å². The van der Waals surface area contributed by atoms with E-state index in [4.69, 9.17) is 0 Å². The van der Waals surface area contributed by atoms with Crippen molar-refractivity contribution in [2.75, 3.05) is 19.6 Å². The van der Waals surface area contributed by atoms with Crippen LogP contribution in [0.3, 0.4) is 0 Å². The lowest BCUT2D eigenvalue weighted by Crippen LogP contribution is -2.39. The molecule has 1 saturated carbocycles. The maximum absolute atomic E-state index is 13.8. The molecule has 0 radical (unpaired) electrons. The molecule has 0 N–H and O–H groups in total. The second-order valence-electron chi connectivity index (χ2n) is 7.08. The zero-order valence-corrected chi connectivity index (χ0v) is 13.6. The number of nitrogens with zero attached hydrogens (tertiary/aromatic N) is 5. The quantitative estimate of drug-likeness (QED) is 0.818. The van der Waals surface area contributed by atoms with Crippen molar-refractivity contribution in [2.45, 2.75) is 50.9 Å². The lowest BCUT2D eigenvalue weighted by Gasteiger charge is -2.24. The maximum atomic E-state index is 13.8. The topological polar surface area (TPSA) is 71.3 Å². The Kier molecular flexibility index (Phi) is 3.97. The second-order valence-corrected chi connectivity index (χ2v) is 7.08. The van der Waals surface area contributed by atoms with Gasteiger partial charge in [0.05, 0.1) is 25.3 Å². The van der Waals surface area contributed by atoms with Crippen LogP contribution in [0, 0.1) is 5.92 Å². The van der Waals surface area contributed by atoms with E-state index in [2.05, 4.69) is 10.3 Å². The van der Waals surface area contributed by atoms with Crippen molar-refractivity contribution in [3.8, 4) is 0 Å². The average Bonchev–Trinajstić information content (AvgIpc) is 2.98. The third kappa shape index (κ3) is 3.01. The zero-order chi connectivity index (χ0) is 16.7. The van der Waals surface area contributed by atoms with E-state index in [1.165, 1.54) is 0 Å². The predicted octanol–water partition coefficient (Wildman–Crippen LogP) is 0.863. The van der Waals surface area contributed by atoms with Gasteiger partial charge in [0.25, 0.3) is 5.91 Å². The summed E-state index contributed by atoms with van der Waals surface area (Å²) in [4.78, 5) is 28.0. The van der Waals surface area contributed by atoms with Gasteiger partial charge in [0.15, 0.2) is 5.69 Å². The van der Waals surface area contributed by atoms with Gasteiger partial charge in [-0.1, -0.05) is 5.21 Å².